The monoisotopic (exact) mass is 363 g/mol. The Morgan fingerprint density at radius 1 is 1.04 bits per heavy atom. The second-order valence-electron chi connectivity index (χ2n) is 9.44. The molecule has 4 rings (SSSR count). The minimum absolute atomic E-state index is 0.0483. The van der Waals surface area contributed by atoms with Crippen molar-refractivity contribution in [2.75, 3.05) is 19.6 Å². The number of likely N-dealkylation sites (tertiary alicyclic amines) is 1. The van der Waals surface area contributed by atoms with Crippen LogP contribution in [0.1, 0.15) is 30.9 Å². The van der Waals surface area contributed by atoms with Crippen LogP contribution in [0.5, 0.6) is 5.75 Å². The fourth-order valence-corrected chi connectivity index (χ4v) is 5.37. The number of benzene rings is 2. The Morgan fingerprint density at radius 3 is 2.22 bits per heavy atom. The standard InChI is InChI=1S/C23H30BNO2/c1-22(24,20-7-9-21(26)10-8-20)16-25-14-18-12-23(27,13-19(18)15-25)11-17-5-3-2-4-6-17/h2-10,18-19,26-27H,11-16,24H2,1H3/t18-,19+,22?,23-. The topological polar surface area (TPSA) is 43.7 Å². The first-order valence-corrected chi connectivity index (χ1v) is 10.1. The molecule has 2 aliphatic rings. The van der Waals surface area contributed by atoms with Crippen LogP contribution in [0, 0.1) is 11.8 Å². The van der Waals surface area contributed by atoms with Crippen molar-refractivity contribution in [3.8, 4) is 5.75 Å². The molecule has 1 unspecified atom stereocenters. The summed E-state index contributed by atoms with van der Waals surface area (Å²) in [6, 6.07) is 18.0. The highest BCUT2D eigenvalue weighted by atomic mass is 16.3. The summed E-state index contributed by atoms with van der Waals surface area (Å²) in [4.78, 5) is 2.57. The van der Waals surface area contributed by atoms with E-state index in [1.165, 1.54) is 11.1 Å². The second-order valence-corrected chi connectivity index (χ2v) is 9.44. The van der Waals surface area contributed by atoms with Crippen LogP contribution in [0.15, 0.2) is 54.6 Å². The summed E-state index contributed by atoms with van der Waals surface area (Å²) in [5.41, 5.74) is 1.97. The molecule has 2 N–H and O–H groups in total. The molecular weight excluding hydrogens is 333 g/mol. The largest absolute Gasteiger partial charge is 0.508 e. The van der Waals surface area contributed by atoms with Crippen molar-refractivity contribution in [2.45, 2.75) is 37.1 Å². The summed E-state index contributed by atoms with van der Waals surface area (Å²) in [7, 11) is 2.28. The van der Waals surface area contributed by atoms with Gasteiger partial charge in [-0.3, -0.25) is 0 Å². The lowest BCUT2D eigenvalue weighted by atomic mass is 9.65. The first-order valence-electron chi connectivity index (χ1n) is 10.1. The van der Waals surface area contributed by atoms with Crippen LogP contribution >= 0.6 is 0 Å². The van der Waals surface area contributed by atoms with Gasteiger partial charge in [0.2, 0.25) is 0 Å². The predicted octanol–water partition coefficient (Wildman–Crippen LogP) is 2.56. The van der Waals surface area contributed by atoms with Gasteiger partial charge in [0, 0.05) is 26.1 Å². The zero-order valence-corrected chi connectivity index (χ0v) is 16.4. The summed E-state index contributed by atoms with van der Waals surface area (Å²) >= 11 is 0. The highest BCUT2D eigenvalue weighted by Crippen LogP contribution is 2.45. The van der Waals surface area contributed by atoms with E-state index in [4.69, 9.17) is 0 Å². The number of fused-ring (bicyclic) bond motifs is 1. The van der Waals surface area contributed by atoms with Gasteiger partial charge in [-0.05, 0) is 53.3 Å². The number of aliphatic hydroxyl groups is 1. The molecule has 0 bridgehead atoms. The molecule has 2 aromatic rings. The van der Waals surface area contributed by atoms with Gasteiger partial charge in [0.05, 0.1) is 5.60 Å². The van der Waals surface area contributed by atoms with E-state index < -0.39 is 5.60 Å². The molecule has 1 aliphatic carbocycles. The Kier molecular flexibility index (Phi) is 4.81. The van der Waals surface area contributed by atoms with Crippen molar-refractivity contribution < 1.29 is 10.2 Å². The molecule has 1 saturated carbocycles. The maximum Gasteiger partial charge on any atom is 0.116 e. The Morgan fingerprint density at radius 2 is 1.63 bits per heavy atom. The van der Waals surface area contributed by atoms with Crippen molar-refractivity contribution in [1.82, 2.24) is 4.90 Å². The SMILES string of the molecule is BC(C)(CN1C[C@@H]2C[C@@](O)(Cc3ccccc3)C[C@@H]2C1)c1ccc(O)cc1. The van der Waals surface area contributed by atoms with Crippen LogP contribution < -0.4 is 0 Å². The number of phenols is 1. The fourth-order valence-electron chi connectivity index (χ4n) is 5.37. The summed E-state index contributed by atoms with van der Waals surface area (Å²) in [6.45, 7) is 5.47. The van der Waals surface area contributed by atoms with Gasteiger partial charge in [-0.15, -0.1) is 0 Å². The molecule has 1 aliphatic heterocycles. The average Bonchev–Trinajstić information content (AvgIpc) is 3.09. The number of phenolic OH excluding ortho intramolecular Hbond substituents is 1. The third-order valence-corrected chi connectivity index (χ3v) is 6.58. The number of hydrogen-bond acceptors (Lipinski definition) is 3. The van der Waals surface area contributed by atoms with Crippen molar-refractivity contribution in [1.29, 1.82) is 0 Å². The van der Waals surface area contributed by atoms with Crippen molar-refractivity contribution in [3.05, 3.63) is 65.7 Å². The van der Waals surface area contributed by atoms with E-state index in [-0.39, 0.29) is 5.31 Å². The number of nitrogens with zero attached hydrogens (tertiary/aromatic N) is 1. The van der Waals surface area contributed by atoms with Gasteiger partial charge < -0.3 is 15.1 Å². The molecular formula is C23H30BNO2. The van der Waals surface area contributed by atoms with E-state index in [2.05, 4.69) is 43.9 Å². The lowest BCUT2D eigenvalue weighted by Crippen LogP contribution is -2.40. The molecule has 27 heavy (non-hydrogen) atoms. The van der Waals surface area contributed by atoms with E-state index in [1.54, 1.807) is 12.1 Å². The van der Waals surface area contributed by atoms with Crippen LogP contribution in [0.2, 0.25) is 0 Å². The first kappa shape index (κ1) is 18.6. The summed E-state index contributed by atoms with van der Waals surface area (Å²) in [5.74, 6) is 1.53. The number of rotatable bonds is 5. The second kappa shape index (κ2) is 6.99. The quantitative estimate of drug-likeness (QED) is 0.803. The van der Waals surface area contributed by atoms with E-state index in [1.807, 2.05) is 18.2 Å². The molecule has 3 nitrogen and oxygen atoms in total. The molecule has 4 atom stereocenters. The zero-order valence-electron chi connectivity index (χ0n) is 16.4. The predicted molar refractivity (Wildman–Crippen MR) is 112 cm³/mol. The molecule has 0 spiro atoms. The van der Waals surface area contributed by atoms with E-state index in [0.29, 0.717) is 17.6 Å². The lowest BCUT2D eigenvalue weighted by molar-refractivity contribution is 0.0351. The van der Waals surface area contributed by atoms with Gasteiger partial charge >= 0.3 is 0 Å². The molecule has 0 amide bonds. The minimum Gasteiger partial charge on any atom is -0.508 e. The van der Waals surface area contributed by atoms with Gasteiger partial charge in [-0.2, -0.15) is 0 Å². The minimum atomic E-state index is -0.532. The third-order valence-electron chi connectivity index (χ3n) is 6.58. The summed E-state index contributed by atoms with van der Waals surface area (Å²) in [5, 5.41) is 20.7. The maximum atomic E-state index is 11.1. The van der Waals surface area contributed by atoms with Crippen molar-refractivity contribution in [2.24, 2.45) is 11.8 Å². The smallest absolute Gasteiger partial charge is 0.116 e. The summed E-state index contributed by atoms with van der Waals surface area (Å²) < 4.78 is 0. The van der Waals surface area contributed by atoms with Crippen LogP contribution in [0.3, 0.4) is 0 Å². The van der Waals surface area contributed by atoms with Crippen LogP contribution in [-0.4, -0.2) is 48.2 Å². The molecule has 1 saturated heterocycles. The van der Waals surface area contributed by atoms with E-state index in [9.17, 15) is 10.2 Å². The van der Waals surface area contributed by atoms with E-state index in [0.717, 1.165) is 38.9 Å². The first-order chi connectivity index (χ1) is 12.8. The Bertz CT molecular complexity index is 761. The molecule has 142 valence electrons. The van der Waals surface area contributed by atoms with Gasteiger partial charge in [0.25, 0.3) is 0 Å². The highest BCUT2D eigenvalue weighted by Gasteiger charge is 2.48. The molecule has 0 radical (unpaired) electrons. The average molecular weight is 363 g/mol. The molecule has 2 fully saturated rings. The molecule has 1 heterocycles. The molecule has 0 aromatic heterocycles. The Labute approximate surface area is 163 Å². The van der Waals surface area contributed by atoms with Gasteiger partial charge in [0.15, 0.2) is 0 Å². The van der Waals surface area contributed by atoms with Crippen molar-refractivity contribution >= 4 is 7.85 Å². The molecule has 2 aromatic carbocycles. The fraction of sp³-hybridized carbons (Fsp3) is 0.478. The highest BCUT2D eigenvalue weighted by molar-refractivity contribution is 6.15. The third kappa shape index (κ3) is 4.07. The Balaban J connectivity index is 1.36. The Hall–Kier alpha value is -1.78. The zero-order chi connectivity index (χ0) is 19.1. The van der Waals surface area contributed by atoms with Crippen LogP contribution in [-0.2, 0) is 11.7 Å². The molecule has 4 heteroatoms. The summed E-state index contributed by atoms with van der Waals surface area (Å²) in [6.07, 6.45) is 2.62. The maximum absolute atomic E-state index is 11.1. The lowest BCUT2D eigenvalue weighted by Gasteiger charge is -2.32. The normalized spacial score (nSPS) is 30.1. The van der Waals surface area contributed by atoms with Gasteiger partial charge in [0.1, 0.15) is 13.6 Å². The van der Waals surface area contributed by atoms with Crippen LogP contribution in [0.25, 0.3) is 0 Å². The number of hydrogen-bond donors (Lipinski definition) is 2. The number of aromatic hydroxyl groups is 1. The van der Waals surface area contributed by atoms with Crippen LogP contribution in [0.4, 0.5) is 0 Å². The van der Waals surface area contributed by atoms with E-state index >= 15 is 0 Å². The van der Waals surface area contributed by atoms with Gasteiger partial charge in [-0.25, -0.2) is 0 Å². The van der Waals surface area contributed by atoms with Crippen molar-refractivity contribution in [3.63, 3.8) is 0 Å². The van der Waals surface area contributed by atoms with Gasteiger partial charge in [-0.1, -0.05) is 49.4 Å².